The van der Waals surface area contributed by atoms with Crippen molar-refractivity contribution in [3.63, 3.8) is 0 Å². The van der Waals surface area contributed by atoms with Gasteiger partial charge in [0.1, 0.15) is 17.1 Å². The van der Waals surface area contributed by atoms with Crippen molar-refractivity contribution in [3.05, 3.63) is 74.9 Å². The molecule has 4 rings (SSSR count). The van der Waals surface area contributed by atoms with Crippen LogP contribution in [0.15, 0.2) is 51.7 Å². The minimum atomic E-state index is -1.03. The second-order valence-corrected chi connectivity index (χ2v) is 7.47. The van der Waals surface area contributed by atoms with Crippen molar-refractivity contribution in [2.75, 3.05) is 0 Å². The lowest BCUT2D eigenvalue weighted by Gasteiger charge is -2.18. The number of aryl methyl sites for hydroxylation is 3. The number of fused-ring (bicyclic) bond motifs is 2. The van der Waals surface area contributed by atoms with Crippen LogP contribution in [-0.4, -0.2) is 16.2 Å². The third-order valence-corrected chi connectivity index (χ3v) is 5.54. The van der Waals surface area contributed by atoms with Crippen molar-refractivity contribution in [2.24, 2.45) is 0 Å². The fourth-order valence-corrected chi connectivity index (χ4v) is 3.95. The zero-order valence-corrected chi connectivity index (χ0v) is 17.1. The minimum absolute atomic E-state index is 0.105. The van der Waals surface area contributed by atoms with Crippen molar-refractivity contribution >= 4 is 16.9 Å². The average molecular weight is 402 g/mol. The monoisotopic (exact) mass is 402 g/mol. The fourth-order valence-electron chi connectivity index (χ4n) is 3.95. The molecule has 0 bridgehead atoms. The van der Waals surface area contributed by atoms with Crippen LogP contribution in [0.5, 0.6) is 5.75 Å². The Balaban J connectivity index is 2.25. The number of rotatable bonds is 4. The number of carbonyl (C=O) groups is 1. The van der Waals surface area contributed by atoms with Gasteiger partial charge in [0.15, 0.2) is 5.43 Å². The van der Waals surface area contributed by atoms with Crippen molar-refractivity contribution < 1.29 is 19.4 Å². The molecule has 0 unspecified atom stereocenters. The normalized spacial score (nSPS) is 11.3. The SMILES string of the molecule is CCc1cc2c(-c3ccc(C)cc3C(=O)O)c3cc(CC)c(=O)cc-3oc2cc1O. The van der Waals surface area contributed by atoms with E-state index < -0.39 is 5.97 Å². The van der Waals surface area contributed by atoms with Crippen molar-refractivity contribution in [2.45, 2.75) is 33.6 Å². The van der Waals surface area contributed by atoms with Gasteiger partial charge in [-0.15, -0.1) is 0 Å². The molecule has 0 atom stereocenters. The molecule has 2 aromatic rings. The molecule has 152 valence electrons. The molecule has 0 saturated heterocycles. The predicted molar refractivity (Wildman–Crippen MR) is 117 cm³/mol. The van der Waals surface area contributed by atoms with Crippen LogP contribution < -0.4 is 5.43 Å². The van der Waals surface area contributed by atoms with E-state index >= 15 is 0 Å². The minimum Gasteiger partial charge on any atom is -0.508 e. The topological polar surface area (TPSA) is 87.7 Å². The summed E-state index contributed by atoms with van der Waals surface area (Å²) in [5, 5.41) is 20.9. The van der Waals surface area contributed by atoms with Gasteiger partial charge in [-0.25, -0.2) is 4.79 Å². The number of phenols is 1. The van der Waals surface area contributed by atoms with Crippen molar-refractivity contribution in [3.8, 4) is 28.2 Å². The molecule has 0 aromatic heterocycles. The Morgan fingerprint density at radius 2 is 1.70 bits per heavy atom. The molecule has 0 spiro atoms. The zero-order valence-electron chi connectivity index (χ0n) is 17.1. The Labute approximate surface area is 173 Å². The number of hydrogen-bond donors (Lipinski definition) is 2. The Kier molecular flexibility index (Phi) is 4.82. The Morgan fingerprint density at radius 3 is 2.37 bits per heavy atom. The van der Waals surface area contributed by atoms with Gasteiger partial charge in [0.05, 0.1) is 5.56 Å². The highest BCUT2D eigenvalue weighted by Crippen LogP contribution is 2.43. The molecule has 5 heteroatoms. The first-order valence-corrected chi connectivity index (χ1v) is 9.93. The summed E-state index contributed by atoms with van der Waals surface area (Å²) in [5.74, 6) is -0.560. The summed E-state index contributed by atoms with van der Waals surface area (Å²) in [4.78, 5) is 24.5. The van der Waals surface area contributed by atoms with Crippen LogP contribution in [0.3, 0.4) is 0 Å². The number of aromatic hydroxyl groups is 1. The molecule has 30 heavy (non-hydrogen) atoms. The van der Waals surface area contributed by atoms with Crippen LogP contribution in [0.1, 0.15) is 40.9 Å². The van der Waals surface area contributed by atoms with E-state index in [0.717, 1.165) is 11.1 Å². The third kappa shape index (κ3) is 3.12. The molecule has 1 aliphatic heterocycles. The number of carboxylic acid groups (broad SMARTS) is 1. The van der Waals surface area contributed by atoms with E-state index in [2.05, 4.69) is 0 Å². The molecule has 0 amide bonds. The van der Waals surface area contributed by atoms with Gasteiger partial charge in [-0.3, -0.25) is 4.79 Å². The van der Waals surface area contributed by atoms with Crippen molar-refractivity contribution in [1.29, 1.82) is 0 Å². The lowest BCUT2D eigenvalue weighted by molar-refractivity contribution is 0.0697. The predicted octanol–water partition coefficient (Wildman–Crippen LogP) is 5.40. The Morgan fingerprint density at radius 1 is 0.967 bits per heavy atom. The number of aromatic carboxylic acids is 1. The second kappa shape index (κ2) is 7.34. The smallest absolute Gasteiger partial charge is 0.336 e. The standard InChI is InChI=1S/C25H22O5/c1-4-14-9-18-22(11-20(14)26)30-23-12-21(27)15(5-2)10-19(23)24(18)16-7-6-13(3)8-17(16)25(28)29/h6-12,26H,4-5H2,1-3H3,(H,28,29). The fraction of sp³-hybridized carbons (Fsp3) is 0.200. The molecule has 0 saturated carbocycles. The largest absolute Gasteiger partial charge is 0.508 e. The first-order chi connectivity index (χ1) is 14.3. The van der Waals surface area contributed by atoms with E-state index in [0.29, 0.717) is 51.8 Å². The lowest BCUT2D eigenvalue weighted by atomic mass is 9.88. The number of carboxylic acids is 1. The van der Waals surface area contributed by atoms with Gasteiger partial charge in [-0.2, -0.15) is 0 Å². The molecule has 2 aliphatic rings. The van der Waals surface area contributed by atoms with Gasteiger partial charge in [0, 0.05) is 34.2 Å². The summed E-state index contributed by atoms with van der Waals surface area (Å²) in [6.07, 6.45) is 1.17. The highest BCUT2D eigenvalue weighted by molar-refractivity contribution is 6.08. The number of hydrogen-bond acceptors (Lipinski definition) is 4. The Hall–Kier alpha value is -3.60. The maximum Gasteiger partial charge on any atom is 0.336 e. The van der Waals surface area contributed by atoms with E-state index in [1.54, 1.807) is 18.2 Å². The van der Waals surface area contributed by atoms with Crippen LogP contribution in [0, 0.1) is 6.92 Å². The first-order valence-electron chi connectivity index (χ1n) is 9.93. The van der Waals surface area contributed by atoms with Crippen molar-refractivity contribution in [1.82, 2.24) is 0 Å². The molecule has 1 aliphatic carbocycles. The summed E-state index contributed by atoms with van der Waals surface area (Å²) in [6, 6.07) is 11.9. The molecule has 0 radical (unpaired) electrons. The van der Waals surface area contributed by atoms with Gasteiger partial charge in [-0.05, 0) is 49.1 Å². The quantitative estimate of drug-likeness (QED) is 0.446. The molecule has 2 N–H and O–H groups in total. The third-order valence-electron chi connectivity index (χ3n) is 5.54. The molecule has 0 fully saturated rings. The summed E-state index contributed by atoms with van der Waals surface area (Å²) in [7, 11) is 0. The highest BCUT2D eigenvalue weighted by Gasteiger charge is 2.23. The van der Waals surface area contributed by atoms with E-state index in [4.69, 9.17) is 4.42 Å². The van der Waals surface area contributed by atoms with Crippen LogP contribution in [0.4, 0.5) is 0 Å². The lowest BCUT2D eigenvalue weighted by Crippen LogP contribution is -2.09. The summed E-state index contributed by atoms with van der Waals surface area (Å²) >= 11 is 0. The first kappa shape index (κ1) is 19.7. The summed E-state index contributed by atoms with van der Waals surface area (Å²) in [6.45, 7) is 5.69. The van der Waals surface area contributed by atoms with Gasteiger partial charge >= 0.3 is 5.97 Å². The average Bonchev–Trinajstić information content (AvgIpc) is 2.71. The van der Waals surface area contributed by atoms with E-state index in [-0.39, 0.29) is 16.7 Å². The van der Waals surface area contributed by atoms with Crippen LogP contribution in [0.25, 0.3) is 33.4 Å². The molecular weight excluding hydrogens is 380 g/mol. The molecule has 5 nitrogen and oxygen atoms in total. The summed E-state index contributed by atoms with van der Waals surface area (Å²) in [5.41, 5.74) is 4.57. The maximum atomic E-state index is 12.4. The van der Waals surface area contributed by atoms with Crippen LogP contribution in [0.2, 0.25) is 0 Å². The van der Waals surface area contributed by atoms with E-state index in [1.165, 1.54) is 12.1 Å². The van der Waals surface area contributed by atoms with E-state index in [1.807, 2.05) is 32.9 Å². The zero-order chi connectivity index (χ0) is 21.6. The molecule has 1 heterocycles. The summed E-state index contributed by atoms with van der Waals surface area (Å²) < 4.78 is 5.99. The van der Waals surface area contributed by atoms with Gasteiger partial charge < -0.3 is 14.6 Å². The highest BCUT2D eigenvalue weighted by atomic mass is 16.4. The van der Waals surface area contributed by atoms with Crippen LogP contribution >= 0.6 is 0 Å². The van der Waals surface area contributed by atoms with Gasteiger partial charge in [-0.1, -0.05) is 31.5 Å². The second-order valence-electron chi connectivity index (χ2n) is 7.47. The van der Waals surface area contributed by atoms with Gasteiger partial charge in [0.25, 0.3) is 0 Å². The van der Waals surface area contributed by atoms with E-state index in [9.17, 15) is 19.8 Å². The maximum absolute atomic E-state index is 12.4. The molecular formula is C25H22O5. The number of phenolic OH excluding ortho intramolecular Hbond substituents is 1. The Bertz CT molecular complexity index is 1330. The number of benzene rings is 3. The molecule has 2 aromatic carbocycles. The van der Waals surface area contributed by atoms with Gasteiger partial charge in [0.2, 0.25) is 0 Å². The van der Waals surface area contributed by atoms with Crippen LogP contribution in [-0.2, 0) is 12.8 Å².